The molecule has 1 aromatic rings. The highest BCUT2D eigenvalue weighted by molar-refractivity contribution is 5.95. The summed E-state index contributed by atoms with van der Waals surface area (Å²) < 4.78 is 45.7. The Kier molecular flexibility index (Phi) is 8.46. The molecule has 2 aliphatic heterocycles. The summed E-state index contributed by atoms with van der Waals surface area (Å²) >= 11 is 0. The van der Waals surface area contributed by atoms with E-state index in [1.165, 1.54) is 18.2 Å². The molecule has 2 saturated heterocycles. The molecule has 26 heavy (non-hydrogen) atoms. The first kappa shape index (κ1) is 22.8. The van der Waals surface area contributed by atoms with E-state index in [2.05, 4.69) is 16.0 Å². The Morgan fingerprint density at radius 2 is 2.12 bits per heavy atom. The van der Waals surface area contributed by atoms with Gasteiger partial charge in [-0.05, 0) is 31.0 Å². The molecule has 2 atom stereocenters. The summed E-state index contributed by atoms with van der Waals surface area (Å²) in [5.74, 6) is -3.99. The van der Waals surface area contributed by atoms with Gasteiger partial charge in [0.2, 0.25) is 5.91 Å². The molecule has 0 aliphatic carbocycles. The van der Waals surface area contributed by atoms with Gasteiger partial charge in [0.15, 0.2) is 0 Å². The van der Waals surface area contributed by atoms with Crippen LogP contribution in [0.15, 0.2) is 18.2 Å². The van der Waals surface area contributed by atoms with Crippen molar-refractivity contribution >= 4 is 42.1 Å². The minimum Gasteiger partial charge on any atom is -0.380 e. The van der Waals surface area contributed by atoms with Crippen molar-refractivity contribution in [1.29, 1.82) is 0 Å². The van der Waals surface area contributed by atoms with Crippen molar-refractivity contribution in [2.45, 2.75) is 37.3 Å². The van der Waals surface area contributed by atoms with E-state index in [1.807, 2.05) is 0 Å². The number of benzene rings is 1. The number of nitrogens with one attached hydrogen (secondary N) is 3. The molecule has 148 valence electrons. The molecule has 1 aromatic carbocycles. The summed E-state index contributed by atoms with van der Waals surface area (Å²) in [7, 11) is 0. The van der Waals surface area contributed by atoms with Crippen LogP contribution in [0.25, 0.3) is 0 Å². The van der Waals surface area contributed by atoms with Crippen LogP contribution in [0, 0.1) is 5.82 Å². The number of rotatable bonds is 5. The van der Waals surface area contributed by atoms with Crippen molar-refractivity contribution in [3.63, 3.8) is 0 Å². The smallest absolute Gasteiger partial charge is 0.262 e. The summed E-state index contributed by atoms with van der Waals surface area (Å²) in [6.45, 7) is 0.725. The molecule has 0 saturated carbocycles. The molecule has 2 heterocycles. The highest BCUT2D eigenvalue weighted by atomic mass is 35.5. The minimum absolute atomic E-state index is 0. The Bertz CT molecular complexity index is 616. The van der Waals surface area contributed by atoms with Gasteiger partial charge >= 0.3 is 0 Å². The second-order valence-electron chi connectivity index (χ2n) is 6.19. The van der Waals surface area contributed by atoms with Gasteiger partial charge < -0.3 is 15.4 Å². The molecule has 0 bridgehead atoms. The molecule has 3 N–H and O–H groups in total. The number of hydrogen-bond donors (Lipinski definition) is 3. The van der Waals surface area contributed by atoms with E-state index >= 15 is 0 Å². The summed E-state index contributed by atoms with van der Waals surface area (Å²) in [5, 5.41) is 7.90. The molecule has 1 amide bonds. The van der Waals surface area contributed by atoms with Gasteiger partial charge in [0.25, 0.3) is 5.92 Å². The second-order valence-corrected chi connectivity index (χ2v) is 6.19. The zero-order valence-electron chi connectivity index (χ0n) is 13.9. The number of halogens is 5. The lowest BCUT2D eigenvalue weighted by Gasteiger charge is -2.14. The van der Waals surface area contributed by atoms with Gasteiger partial charge in [0.05, 0.1) is 24.4 Å². The largest absolute Gasteiger partial charge is 0.380 e. The van der Waals surface area contributed by atoms with Crippen LogP contribution in [0.5, 0.6) is 0 Å². The highest BCUT2D eigenvalue weighted by Gasteiger charge is 2.42. The molecule has 5 nitrogen and oxygen atoms in total. The molecule has 3 rings (SSSR count). The standard InChI is InChI=1S/C16H20F3N3O2.2ClH/c17-12-6-10(22-15(23)14-7-16(18,19)9-21-14)3-4-13(12)20-8-11-2-1-5-24-11;;/h3-4,6,11,14,20-21H,1-2,5,7-9H2,(H,22,23);2*1H. The van der Waals surface area contributed by atoms with Crippen LogP contribution in [-0.4, -0.2) is 43.7 Å². The summed E-state index contributed by atoms with van der Waals surface area (Å²) in [6.07, 6.45) is 1.48. The lowest BCUT2D eigenvalue weighted by atomic mass is 10.1. The maximum atomic E-state index is 14.1. The van der Waals surface area contributed by atoms with Crippen LogP contribution in [0.1, 0.15) is 19.3 Å². The van der Waals surface area contributed by atoms with Crippen molar-refractivity contribution in [3.8, 4) is 0 Å². The minimum atomic E-state index is -2.89. The zero-order valence-corrected chi connectivity index (χ0v) is 15.5. The quantitative estimate of drug-likeness (QED) is 0.690. The third kappa shape index (κ3) is 5.90. The normalized spacial score (nSPS) is 23.7. The lowest BCUT2D eigenvalue weighted by molar-refractivity contribution is -0.118. The number of anilines is 2. The summed E-state index contributed by atoms with van der Waals surface area (Å²) in [6, 6.07) is 3.24. The molecule has 0 radical (unpaired) electrons. The van der Waals surface area contributed by atoms with E-state index in [9.17, 15) is 18.0 Å². The van der Waals surface area contributed by atoms with Crippen molar-refractivity contribution < 1.29 is 22.7 Å². The predicted molar refractivity (Wildman–Crippen MR) is 98.3 cm³/mol. The van der Waals surface area contributed by atoms with E-state index in [-0.39, 0.29) is 36.6 Å². The number of hydrogen-bond acceptors (Lipinski definition) is 4. The van der Waals surface area contributed by atoms with Gasteiger partial charge in [-0.25, -0.2) is 13.2 Å². The van der Waals surface area contributed by atoms with Crippen LogP contribution in [0.2, 0.25) is 0 Å². The average Bonchev–Trinajstić information content (AvgIpc) is 3.15. The lowest BCUT2D eigenvalue weighted by Crippen LogP contribution is -2.35. The van der Waals surface area contributed by atoms with E-state index in [4.69, 9.17) is 4.74 Å². The molecular formula is C16H22Cl2F3N3O2. The second kappa shape index (κ2) is 9.64. The highest BCUT2D eigenvalue weighted by Crippen LogP contribution is 2.26. The molecular weight excluding hydrogens is 394 g/mol. The van der Waals surface area contributed by atoms with Crippen LogP contribution >= 0.6 is 24.8 Å². The molecule has 2 aliphatic rings. The Balaban J connectivity index is 0.00000169. The zero-order chi connectivity index (χ0) is 17.2. The van der Waals surface area contributed by atoms with Gasteiger partial charge in [-0.2, -0.15) is 0 Å². The van der Waals surface area contributed by atoms with E-state index in [0.29, 0.717) is 12.2 Å². The topological polar surface area (TPSA) is 62.4 Å². The first-order chi connectivity index (χ1) is 11.4. The van der Waals surface area contributed by atoms with Crippen molar-refractivity contribution in [3.05, 3.63) is 24.0 Å². The average molecular weight is 416 g/mol. The van der Waals surface area contributed by atoms with Gasteiger partial charge in [-0.3, -0.25) is 10.1 Å². The van der Waals surface area contributed by atoms with Crippen molar-refractivity contribution in [2.75, 3.05) is 30.3 Å². The number of ether oxygens (including phenoxy) is 1. The third-order valence-electron chi connectivity index (χ3n) is 4.21. The summed E-state index contributed by atoms with van der Waals surface area (Å²) in [4.78, 5) is 11.9. The Labute approximate surface area is 162 Å². The Morgan fingerprint density at radius 1 is 1.35 bits per heavy atom. The first-order valence-electron chi connectivity index (χ1n) is 8.00. The maximum absolute atomic E-state index is 14.1. The predicted octanol–water partition coefficient (Wildman–Crippen LogP) is 3.20. The molecule has 2 unspecified atom stereocenters. The van der Waals surface area contributed by atoms with Gasteiger partial charge in [-0.1, -0.05) is 0 Å². The van der Waals surface area contributed by atoms with Gasteiger partial charge in [-0.15, -0.1) is 24.8 Å². The first-order valence-corrected chi connectivity index (χ1v) is 8.00. The molecule has 10 heteroatoms. The number of carbonyl (C=O) groups is 1. The number of amides is 1. The molecule has 0 aromatic heterocycles. The molecule has 2 fully saturated rings. The SMILES string of the molecule is Cl.Cl.O=C(Nc1ccc(NCC2CCCO2)c(F)c1)C1CC(F)(F)CN1. The summed E-state index contributed by atoms with van der Waals surface area (Å²) in [5.41, 5.74) is 0.547. The Hall–Kier alpha value is -1.22. The maximum Gasteiger partial charge on any atom is 0.262 e. The number of alkyl halides is 2. The van der Waals surface area contributed by atoms with Crippen LogP contribution in [0.4, 0.5) is 24.5 Å². The molecule has 0 spiro atoms. The van der Waals surface area contributed by atoms with E-state index in [0.717, 1.165) is 19.4 Å². The van der Waals surface area contributed by atoms with Crippen LogP contribution < -0.4 is 16.0 Å². The fourth-order valence-electron chi connectivity index (χ4n) is 2.90. The van der Waals surface area contributed by atoms with E-state index < -0.39 is 36.7 Å². The number of carbonyl (C=O) groups excluding carboxylic acids is 1. The van der Waals surface area contributed by atoms with Crippen molar-refractivity contribution in [1.82, 2.24) is 5.32 Å². The Morgan fingerprint density at radius 3 is 2.69 bits per heavy atom. The fraction of sp³-hybridized carbons (Fsp3) is 0.562. The van der Waals surface area contributed by atoms with E-state index in [1.54, 1.807) is 0 Å². The fourth-order valence-corrected chi connectivity index (χ4v) is 2.90. The third-order valence-corrected chi connectivity index (χ3v) is 4.21. The van der Waals surface area contributed by atoms with Gasteiger partial charge in [0.1, 0.15) is 5.82 Å². The van der Waals surface area contributed by atoms with Crippen LogP contribution in [0.3, 0.4) is 0 Å². The van der Waals surface area contributed by atoms with Crippen molar-refractivity contribution in [2.24, 2.45) is 0 Å². The van der Waals surface area contributed by atoms with Gasteiger partial charge in [0, 0.05) is 25.3 Å². The monoisotopic (exact) mass is 415 g/mol. The van der Waals surface area contributed by atoms with Crippen LogP contribution in [-0.2, 0) is 9.53 Å².